The van der Waals surface area contributed by atoms with Gasteiger partial charge in [-0.2, -0.15) is 4.99 Å². The number of alkyl carbamates (subject to hydrolysis) is 1. The molecule has 0 radical (unpaired) electrons. The summed E-state index contributed by atoms with van der Waals surface area (Å²) >= 11 is 0. The van der Waals surface area contributed by atoms with E-state index in [2.05, 4.69) is 10.3 Å². The van der Waals surface area contributed by atoms with E-state index in [1.807, 2.05) is 30.3 Å². The lowest BCUT2D eigenvalue weighted by molar-refractivity contribution is -0.0730. The van der Waals surface area contributed by atoms with Crippen molar-refractivity contribution in [3.8, 4) is 0 Å². The molecule has 1 amide bonds. The maximum Gasteiger partial charge on any atom is 0.407 e. The molecule has 4 rings (SSSR count). The predicted molar refractivity (Wildman–Crippen MR) is 67.2 cm³/mol. The summed E-state index contributed by atoms with van der Waals surface area (Å²) in [7, 11) is 0. The number of ether oxygens (including phenoxy) is 1. The number of carbonyl (C=O) groups is 1. The SMILES string of the molecule is O=C=NC12CC(NC(=O)OCc3ccccc3)(C1)C2. The number of amides is 1. The molecule has 5 heteroatoms. The summed E-state index contributed by atoms with van der Waals surface area (Å²) in [5.41, 5.74) is 0.514. The van der Waals surface area contributed by atoms with Crippen LogP contribution in [0.5, 0.6) is 0 Å². The smallest absolute Gasteiger partial charge is 0.407 e. The first-order valence-corrected chi connectivity index (χ1v) is 6.23. The van der Waals surface area contributed by atoms with Gasteiger partial charge < -0.3 is 10.1 Å². The summed E-state index contributed by atoms with van der Waals surface area (Å²) in [5.74, 6) is 0. The minimum atomic E-state index is -0.410. The Morgan fingerprint density at radius 1 is 1.32 bits per heavy atom. The zero-order valence-electron chi connectivity index (χ0n) is 10.4. The molecule has 3 aliphatic rings. The van der Waals surface area contributed by atoms with Crippen molar-refractivity contribution in [3.63, 3.8) is 0 Å². The van der Waals surface area contributed by atoms with Gasteiger partial charge in [0, 0.05) is 0 Å². The fourth-order valence-corrected chi connectivity index (χ4v) is 3.06. The summed E-state index contributed by atoms with van der Waals surface area (Å²) in [4.78, 5) is 25.7. The van der Waals surface area contributed by atoms with Gasteiger partial charge in [0.15, 0.2) is 0 Å². The topological polar surface area (TPSA) is 67.8 Å². The van der Waals surface area contributed by atoms with E-state index in [1.165, 1.54) is 0 Å². The van der Waals surface area contributed by atoms with Gasteiger partial charge in [-0.05, 0) is 24.8 Å². The van der Waals surface area contributed by atoms with Crippen LogP contribution in [0.3, 0.4) is 0 Å². The van der Waals surface area contributed by atoms with E-state index in [-0.39, 0.29) is 17.7 Å². The van der Waals surface area contributed by atoms with Crippen LogP contribution >= 0.6 is 0 Å². The Morgan fingerprint density at radius 2 is 2.00 bits per heavy atom. The fraction of sp³-hybridized carbons (Fsp3) is 0.429. The number of nitrogens with zero attached hydrogens (tertiary/aromatic N) is 1. The molecule has 0 aromatic heterocycles. The van der Waals surface area contributed by atoms with Crippen molar-refractivity contribution >= 4 is 12.2 Å². The number of carbonyl (C=O) groups excluding carboxylic acids is 2. The number of hydrogen-bond acceptors (Lipinski definition) is 4. The highest BCUT2D eigenvalue weighted by atomic mass is 16.5. The van der Waals surface area contributed by atoms with Crippen LogP contribution in [0.2, 0.25) is 0 Å². The number of aliphatic imine (C=N–C) groups is 1. The van der Waals surface area contributed by atoms with Crippen LogP contribution in [0.25, 0.3) is 0 Å². The first-order valence-electron chi connectivity index (χ1n) is 6.23. The van der Waals surface area contributed by atoms with Gasteiger partial charge in [0.25, 0.3) is 0 Å². The fourth-order valence-electron chi connectivity index (χ4n) is 3.06. The number of nitrogens with one attached hydrogen (secondary N) is 1. The van der Waals surface area contributed by atoms with Gasteiger partial charge >= 0.3 is 6.09 Å². The van der Waals surface area contributed by atoms with Crippen molar-refractivity contribution in [3.05, 3.63) is 35.9 Å². The Kier molecular flexibility index (Phi) is 2.64. The standard InChI is InChI=1S/C14H14N2O3/c17-10-15-13-7-14(8-13,9-13)16-12(18)19-6-11-4-2-1-3-5-11/h1-5H,6-9H2,(H,16,18). The molecule has 5 nitrogen and oxygen atoms in total. The monoisotopic (exact) mass is 258 g/mol. The molecule has 19 heavy (non-hydrogen) atoms. The third-order valence-electron chi connectivity index (χ3n) is 3.87. The zero-order valence-corrected chi connectivity index (χ0v) is 10.4. The molecule has 3 fully saturated rings. The van der Waals surface area contributed by atoms with Crippen molar-refractivity contribution in [2.24, 2.45) is 4.99 Å². The summed E-state index contributed by atoms with van der Waals surface area (Å²) in [6.07, 6.45) is 3.34. The molecule has 1 N–H and O–H groups in total. The first-order chi connectivity index (χ1) is 9.15. The quantitative estimate of drug-likeness (QED) is 0.662. The molecule has 1 aromatic rings. The summed E-state index contributed by atoms with van der Waals surface area (Å²) in [5, 5.41) is 2.86. The van der Waals surface area contributed by atoms with Gasteiger partial charge in [0.1, 0.15) is 6.61 Å². The highest BCUT2D eigenvalue weighted by molar-refractivity contribution is 5.69. The van der Waals surface area contributed by atoms with E-state index in [0.29, 0.717) is 0 Å². The number of isocyanates is 1. The van der Waals surface area contributed by atoms with Crippen LogP contribution < -0.4 is 5.32 Å². The largest absolute Gasteiger partial charge is 0.445 e. The van der Waals surface area contributed by atoms with Gasteiger partial charge in [-0.25, -0.2) is 9.59 Å². The lowest BCUT2D eigenvalue weighted by Gasteiger charge is -2.67. The average Bonchev–Trinajstić information content (AvgIpc) is 2.34. The van der Waals surface area contributed by atoms with Crippen LogP contribution in [0.4, 0.5) is 4.79 Å². The van der Waals surface area contributed by atoms with Crippen molar-refractivity contribution in [2.45, 2.75) is 36.9 Å². The highest BCUT2D eigenvalue weighted by Gasteiger charge is 2.69. The summed E-state index contributed by atoms with van der Waals surface area (Å²) in [6, 6.07) is 9.53. The van der Waals surface area contributed by atoms with E-state index < -0.39 is 6.09 Å². The van der Waals surface area contributed by atoms with Crippen LogP contribution in [0, 0.1) is 0 Å². The molecule has 0 aliphatic heterocycles. The lowest BCUT2D eigenvalue weighted by atomic mass is 9.44. The van der Waals surface area contributed by atoms with Crippen molar-refractivity contribution in [1.29, 1.82) is 0 Å². The van der Waals surface area contributed by atoms with Gasteiger partial charge in [0.2, 0.25) is 6.08 Å². The van der Waals surface area contributed by atoms with Crippen molar-refractivity contribution < 1.29 is 14.3 Å². The zero-order chi connectivity index (χ0) is 13.3. The third-order valence-corrected chi connectivity index (χ3v) is 3.87. The van der Waals surface area contributed by atoms with Crippen molar-refractivity contribution in [1.82, 2.24) is 5.32 Å². The lowest BCUT2D eigenvalue weighted by Crippen LogP contribution is -2.77. The molecular formula is C14H14N2O3. The van der Waals surface area contributed by atoms with Gasteiger partial charge in [-0.15, -0.1) is 0 Å². The molecule has 0 atom stereocenters. The van der Waals surface area contributed by atoms with E-state index in [9.17, 15) is 9.59 Å². The van der Waals surface area contributed by atoms with Crippen molar-refractivity contribution in [2.75, 3.05) is 0 Å². The van der Waals surface area contributed by atoms with E-state index >= 15 is 0 Å². The van der Waals surface area contributed by atoms with Crippen LogP contribution in [0.15, 0.2) is 35.3 Å². The van der Waals surface area contributed by atoms with Crippen LogP contribution in [0.1, 0.15) is 24.8 Å². The maximum absolute atomic E-state index is 11.7. The molecule has 0 heterocycles. The van der Waals surface area contributed by atoms with E-state index in [0.717, 1.165) is 24.8 Å². The molecule has 1 aromatic carbocycles. The van der Waals surface area contributed by atoms with Gasteiger partial charge in [-0.3, -0.25) is 0 Å². The molecule has 0 saturated heterocycles. The Bertz CT molecular complexity index is 529. The molecular weight excluding hydrogens is 244 g/mol. The molecule has 3 aliphatic carbocycles. The molecule has 98 valence electrons. The number of rotatable bonds is 4. The van der Waals surface area contributed by atoms with E-state index in [1.54, 1.807) is 6.08 Å². The maximum atomic E-state index is 11.7. The van der Waals surface area contributed by atoms with Gasteiger partial charge in [0.05, 0.1) is 11.1 Å². The average molecular weight is 258 g/mol. The van der Waals surface area contributed by atoms with Crippen LogP contribution in [-0.2, 0) is 16.1 Å². The van der Waals surface area contributed by atoms with E-state index in [4.69, 9.17) is 4.74 Å². The van der Waals surface area contributed by atoms with Gasteiger partial charge in [-0.1, -0.05) is 30.3 Å². The molecule has 2 bridgehead atoms. The normalized spacial score (nSPS) is 30.3. The Morgan fingerprint density at radius 3 is 2.63 bits per heavy atom. The molecule has 0 spiro atoms. The number of hydrogen-bond donors (Lipinski definition) is 1. The predicted octanol–water partition coefficient (Wildman–Crippen LogP) is 1.92. The Labute approximate surface area is 110 Å². The Balaban J connectivity index is 1.45. The second-order valence-corrected chi connectivity index (χ2v) is 5.42. The summed E-state index contributed by atoms with van der Waals surface area (Å²) < 4.78 is 5.16. The molecule has 3 saturated carbocycles. The summed E-state index contributed by atoms with van der Waals surface area (Å²) in [6.45, 7) is 0.264. The Hall–Kier alpha value is -2.13. The van der Waals surface area contributed by atoms with Crippen LogP contribution in [-0.4, -0.2) is 23.3 Å². The highest BCUT2D eigenvalue weighted by Crippen LogP contribution is 2.62. The second-order valence-electron chi connectivity index (χ2n) is 5.42. The second kappa shape index (κ2) is 4.21. The minimum absolute atomic E-state index is 0.200. The third kappa shape index (κ3) is 2.13. The first kappa shape index (κ1) is 11.9. The minimum Gasteiger partial charge on any atom is -0.445 e. The molecule has 0 unspecified atom stereocenters. The number of benzene rings is 1.